The van der Waals surface area contributed by atoms with Crippen LogP contribution in [0.3, 0.4) is 0 Å². The van der Waals surface area contributed by atoms with Gasteiger partial charge in [-0.15, -0.1) is 0 Å². The van der Waals surface area contributed by atoms with Gasteiger partial charge in [-0.25, -0.2) is 18.7 Å². The van der Waals surface area contributed by atoms with E-state index in [9.17, 15) is 18.0 Å². The normalized spacial score (nSPS) is 19.6. The van der Waals surface area contributed by atoms with Crippen LogP contribution >= 0.6 is 0 Å². The van der Waals surface area contributed by atoms with Crippen molar-refractivity contribution in [3.63, 3.8) is 0 Å². The molecule has 0 saturated carbocycles. The van der Waals surface area contributed by atoms with Crippen LogP contribution in [-0.4, -0.2) is 75.4 Å². The predicted octanol–water partition coefficient (Wildman–Crippen LogP) is -1.21. The molecule has 1 aliphatic rings. The Morgan fingerprint density at radius 1 is 1.33 bits per heavy atom. The van der Waals surface area contributed by atoms with Crippen LogP contribution in [0.2, 0.25) is 0 Å². The zero-order valence-corrected chi connectivity index (χ0v) is 15.2. The Balaban J connectivity index is 2.54. The van der Waals surface area contributed by atoms with Crippen molar-refractivity contribution in [2.75, 3.05) is 39.0 Å². The summed E-state index contributed by atoms with van der Waals surface area (Å²) in [7, 11) is -2.40. The highest BCUT2D eigenvalue weighted by Crippen LogP contribution is 2.08. The second kappa shape index (κ2) is 8.60. The van der Waals surface area contributed by atoms with Crippen LogP contribution in [0.5, 0.6) is 0 Å². The minimum absolute atomic E-state index is 0.000105. The van der Waals surface area contributed by atoms with Gasteiger partial charge in [0.2, 0.25) is 10.0 Å². The van der Waals surface area contributed by atoms with Crippen molar-refractivity contribution < 1.29 is 27.6 Å². The molecule has 1 heterocycles. The fourth-order valence-electron chi connectivity index (χ4n) is 1.91. The summed E-state index contributed by atoms with van der Waals surface area (Å²) in [6.07, 6.45) is -0.693. The zero-order valence-electron chi connectivity index (χ0n) is 14.4. The summed E-state index contributed by atoms with van der Waals surface area (Å²) in [5.74, 6) is -0.702. The van der Waals surface area contributed by atoms with Crippen LogP contribution in [0.25, 0.3) is 0 Å². The van der Waals surface area contributed by atoms with Gasteiger partial charge < -0.3 is 15.4 Å². The summed E-state index contributed by atoms with van der Waals surface area (Å²) in [5.41, 5.74) is 1.79. The summed E-state index contributed by atoms with van der Waals surface area (Å²) < 4.78 is 30.2. The van der Waals surface area contributed by atoms with Gasteiger partial charge in [-0.05, 0) is 20.8 Å². The van der Waals surface area contributed by atoms with Gasteiger partial charge in [0.15, 0.2) is 0 Å². The molecule has 0 bridgehead atoms. The fourth-order valence-corrected chi connectivity index (χ4v) is 3.27. The van der Waals surface area contributed by atoms with Crippen LogP contribution in [-0.2, 0) is 24.4 Å². The number of carbonyl (C=O) groups excluding carboxylic acids is 2. The second-order valence-electron chi connectivity index (χ2n) is 6.28. The van der Waals surface area contributed by atoms with Gasteiger partial charge in [0.05, 0.1) is 18.5 Å². The van der Waals surface area contributed by atoms with Crippen molar-refractivity contribution in [3.8, 4) is 0 Å². The molecule has 10 nitrogen and oxygen atoms in total. The van der Waals surface area contributed by atoms with Crippen LogP contribution in [0, 0.1) is 0 Å². The zero-order chi connectivity index (χ0) is 18.4. The Morgan fingerprint density at radius 2 is 2.00 bits per heavy atom. The highest BCUT2D eigenvalue weighted by molar-refractivity contribution is 7.89. The summed E-state index contributed by atoms with van der Waals surface area (Å²) in [6, 6.07) is -0.704. The molecule has 0 unspecified atom stereocenters. The average molecular weight is 366 g/mol. The van der Waals surface area contributed by atoms with E-state index in [1.807, 2.05) is 0 Å². The number of rotatable bonds is 6. The molecular formula is C13H26N4O6S. The number of sulfonamides is 1. The molecule has 24 heavy (non-hydrogen) atoms. The van der Waals surface area contributed by atoms with Crippen LogP contribution in [0.15, 0.2) is 0 Å². The number of nitrogens with zero attached hydrogens (tertiary/aromatic N) is 1. The maximum atomic E-state index is 12.3. The van der Waals surface area contributed by atoms with Gasteiger partial charge >= 0.3 is 6.09 Å². The lowest BCUT2D eigenvalue weighted by molar-refractivity contribution is -0.148. The molecule has 0 radical (unpaired) electrons. The first-order valence-corrected chi connectivity index (χ1v) is 9.17. The highest BCUT2D eigenvalue weighted by Gasteiger charge is 2.32. The Bertz CT molecular complexity index is 545. The van der Waals surface area contributed by atoms with Crippen LogP contribution in [0.1, 0.15) is 20.8 Å². The average Bonchev–Trinajstić information content (AvgIpc) is 2.51. The summed E-state index contributed by atoms with van der Waals surface area (Å²) in [5, 5.41) is 5.27. The molecule has 0 aromatic rings. The van der Waals surface area contributed by atoms with E-state index in [1.165, 1.54) is 11.4 Å². The highest BCUT2D eigenvalue weighted by atomic mass is 32.2. The van der Waals surface area contributed by atoms with E-state index in [2.05, 4.69) is 20.9 Å². The maximum absolute atomic E-state index is 12.3. The first-order valence-electron chi connectivity index (χ1n) is 7.56. The van der Waals surface area contributed by atoms with Crippen molar-refractivity contribution in [3.05, 3.63) is 0 Å². The minimum Gasteiger partial charge on any atom is -0.453 e. The number of ether oxygens (including phenoxy) is 1. The number of methoxy groups -OCH3 is 1. The molecule has 140 valence electrons. The Morgan fingerprint density at radius 3 is 2.58 bits per heavy atom. The molecule has 0 aromatic carbocycles. The quantitative estimate of drug-likeness (QED) is 0.504. The van der Waals surface area contributed by atoms with E-state index < -0.39 is 33.7 Å². The number of hydrogen-bond donors (Lipinski definition) is 3. The molecule has 1 saturated heterocycles. The topological polar surface area (TPSA) is 126 Å². The third-order valence-corrected chi connectivity index (χ3v) is 4.96. The van der Waals surface area contributed by atoms with E-state index in [4.69, 9.17) is 4.84 Å². The standard InChI is InChI=1S/C13H26N4O6S/c1-13(2,3)23-16-11(18)10-9-17(7-5-14-10)24(20,21)8-6-15-12(19)22-4/h10,14H,5-9H2,1-4H3,(H,15,19)(H,16,18)/t10-/m1/s1. The molecule has 3 N–H and O–H groups in total. The van der Waals surface area contributed by atoms with Gasteiger partial charge in [-0.2, -0.15) is 4.31 Å². The Kier molecular flexibility index (Phi) is 7.39. The lowest BCUT2D eigenvalue weighted by Gasteiger charge is -2.32. The number of hydroxylamine groups is 1. The molecule has 1 atom stereocenters. The molecule has 0 aromatic heterocycles. The van der Waals surface area contributed by atoms with E-state index in [0.29, 0.717) is 6.54 Å². The summed E-state index contributed by atoms with van der Waals surface area (Å²) in [4.78, 5) is 28.2. The predicted molar refractivity (Wildman–Crippen MR) is 86.5 cm³/mol. The van der Waals surface area contributed by atoms with Gasteiger partial charge in [0.25, 0.3) is 5.91 Å². The second-order valence-corrected chi connectivity index (χ2v) is 8.37. The van der Waals surface area contributed by atoms with Crippen molar-refractivity contribution in [2.45, 2.75) is 32.4 Å². The van der Waals surface area contributed by atoms with Crippen molar-refractivity contribution in [2.24, 2.45) is 0 Å². The molecule has 1 fully saturated rings. The van der Waals surface area contributed by atoms with E-state index in [1.54, 1.807) is 20.8 Å². The van der Waals surface area contributed by atoms with Crippen molar-refractivity contribution in [1.29, 1.82) is 0 Å². The lowest BCUT2D eigenvalue weighted by Crippen LogP contribution is -2.59. The first-order chi connectivity index (χ1) is 11.0. The molecular weight excluding hydrogens is 340 g/mol. The molecule has 1 rings (SSSR count). The van der Waals surface area contributed by atoms with E-state index in [0.717, 1.165) is 0 Å². The number of nitrogens with one attached hydrogen (secondary N) is 3. The lowest BCUT2D eigenvalue weighted by atomic mass is 10.2. The third-order valence-electron chi connectivity index (χ3n) is 3.12. The van der Waals surface area contributed by atoms with Gasteiger partial charge in [0.1, 0.15) is 6.04 Å². The fraction of sp³-hybridized carbons (Fsp3) is 0.846. The molecule has 0 spiro atoms. The van der Waals surface area contributed by atoms with Crippen molar-refractivity contribution in [1.82, 2.24) is 20.4 Å². The van der Waals surface area contributed by atoms with E-state index >= 15 is 0 Å². The number of hydrogen-bond acceptors (Lipinski definition) is 7. The molecule has 0 aliphatic carbocycles. The van der Waals surface area contributed by atoms with Crippen molar-refractivity contribution >= 4 is 22.0 Å². The third kappa shape index (κ3) is 6.99. The van der Waals surface area contributed by atoms with E-state index in [-0.39, 0.29) is 25.4 Å². The van der Waals surface area contributed by atoms with Gasteiger partial charge in [0, 0.05) is 26.2 Å². The number of piperazine rings is 1. The number of carbonyl (C=O) groups is 2. The summed E-state index contributed by atoms with van der Waals surface area (Å²) >= 11 is 0. The molecule has 1 aliphatic heterocycles. The summed E-state index contributed by atoms with van der Waals surface area (Å²) in [6.45, 7) is 5.89. The SMILES string of the molecule is COC(=O)NCCS(=O)(=O)N1CCN[C@@H](C(=O)NOC(C)(C)C)C1. The molecule has 2 amide bonds. The smallest absolute Gasteiger partial charge is 0.406 e. The largest absolute Gasteiger partial charge is 0.453 e. The van der Waals surface area contributed by atoms with Gasteiger partial charge in [-0.1, -0.05) is 0 Å². The number of amides is 2. The monoisotopic (exact) mass is 366 g/mol. The van der Waals surface area contributed by atoms with Gasteiger partial charge in [-0.3, -0.25) is 9.63 Å². The Labute approximate surface area is 142 Å². The Hall–Kier alpha value is -1.43. The maximum Gasteiger partial charge on any atom is 0.406 e. The molecule has 11 heteroatoms. The first kappa shape index (κ1) is 20.6. The van der Waals surface area contributed by atoms with Crippen LogP contribution < -0.4 is 16.1 Å². The van der Waals surface area contributed by atoms with Crippen LogP contribution in [0.4, 0.5) is 4.79 Å². The number of alkyl carbamates (subject to hydrolysis) is 1. The minimum atomic E-state index is -3.59.